The van der Waals surface area contributed by atoms with E-state index in [0.717, 1.165) is 31.2 Å². The van der Waals surface area contributed by atoms with E-state index in [4.69, 9.17) is 4.74 Å². The second-order valence-electron chi connectivity index (χ2n) is 7.20. The Morgan fingerprint density at radius 2 is 1.73 bits per heavy atom. The minimum atomic E-state index is -0.364. The fraction of sp³-hybridized carbons (Fsp3) is 0.571. The Balaban J connectivity index is 1.97. The highest BCUT2D eigenvalue weighted by Crippen LogP contribution is 2.25. The third-order valence-electron chi connectivity index (χ3n) is 5.10. The van der Waals surface area contributed by atoms with Crippen LogP contribution in [0.2, 0.25) is 0 Å². The molecule has 2 rings (SSSR count). The van der Waals surface area contributed by atoms with Crippen LogP contribution in [0.4, 0.5) is 0 Å². The summed E-state index contributed by atoms with van der Waals surface area (Å²) in [7, 11) is 1.36. The summed E-state index contributed by atoms with van der Waals surface area (Å²) < 4.78 is 4.79. The van der Waals surface area contributed by atoms with Crippen molar-refractivity contribution in [3.05, 3.63) is 35.4 Å². The van der Waals surface area contributed by atoms with E-state index < -0.39 is 0 Å². The molecular weight excluding hydrogens is 330 g/mol. The number of ketones is 1. The molecule has 26 heavy (non-hydrogen) atoms. The molecule has 0 bridgehead atoms. The average Bonchev–Trinajstić information content (AvgIpc) is 3.17. The highest BCUT2D eigenvalue weighted by Gasteiger charge is 2.29. The summed E-state index contributed by atoms with van der Waals surface area (Å²) in [5.74, 6) is -0.743. The first-order chi connectivity index (χ1) is 12.4. The lowest BCUT2D eigenvalue weighted by Gasteiger charge is -2.31. The molecule has 0 aliphatic heterocycles. The number of hydrogen-bond donors (Lipinski definition) is 0. The Kier molecular flexibility index (Phi) is 7.37. The van der Waals surface area contributed by atoms with Gasteiger partial charge in [-0.1, -0.05) is 49.6 Å². The van der Waals surface area contributed by atoms with Crippen LogP contribution in [-0.2, 0) is 14.3 Å². The van der Waals surface area contributed by atoms with Crippen molar-refractivity contribution in [2.24, 2.45) is 5.92 Å². The van der Waals surface area contributed by atoms with Gasteiger partial charge in [0.15, 0.2) is 5.78 Å². The molecule has 1 aliphatic carbocycles. The average molecular weight is 359 g/mol. The third-order valence-corrected chi connectivity index (χ3v) is 5.10. The number of carbonyl (C=O) groups is 3. The highest BCUT2D eigenvalue weighted by molar-refractivity contribution is 5.98. The van der Waals surface area contributed by atoms with Gasteiger partial charge in [0.2, 0.25) is 5.91 Å². The second-order valence-corrected chi connectivity index (χ2v) is 7.20. The maximum Gasteiger partial charge on any atom is 0.310 e. The van der Waals surface area contributed by atoms with Crippen molar-refractivity contribution in [3.8, 4) is 0 Å². The minimum Gasteiger partial charge on any atom is -0.469 e. The number of esters is 1. The van der Waals surface area contributed by atoms with Crippen LogP contribution in [0.3, 0.4) is 0 Å². The molecule has 0 heterocycles. The first-order valence-corrected chi connectivity index (χ1v) is 9.39. The van der Waals surface area contributed by atoms with Gasteiger partial charge in [-0.15, -0.1) is 0 Å². The number of ether oxygens (including phenoxy) is 1. The van der Waals surface area contributed by atoms with Crippen LogP contribution in [0.15, 0.2) is 24.3 Å². The second kappa shape index (κ2) is 9.51. The first-order valence-electron chi connectivity index (χ1n) is 9.39. The number of Topliss-reactive ketones (excluding diaryl/α,β-unsaturated/α-hetero) is 1. The molecule has 0 aromatic heterocycles. The van der Waals surface area contributed by atoms with Gasteiger partial charge in [0.05, 0.1) is 13.0 Å². The number of aryl methyl sites for hydroxylation is 1. The van der Waals surface area contributed by atoms with Gasteiger partial charge >= 0.3 is 5.97 Å². The zero-order valence-corrected chi connectivity index (χ0v) is 16.0. The molecule has 1 aliphatic rings. The van der Waals surface area contributed by atoms with Gasteiger partial charge in [-0.2, -0.15) is 0 Å². The zero-order chi connectivity index (χ0) is 19.1. The Labute approximate surface area is 155 Å². The van der Waals surface area contributed by atoms with E-state index in [-0.39, 0.29) is 42.5 Å². The molecule has 5 nitrogen and oxygen atoms in total. The Hall–Kier alpha value is -2.17. The van der Waals surface area contributed by atoms with Gasteiger partial charge in [-0.25, -0.2) is 0 Å². The van der Waals surface area contributed by atoms with Gasteiger partial charge in [-0.05, 0) is 19.8 Å². The molecule has 0 saturated heterocycles. The summed E-state index contributed by atoms with van der Waals surface area (Å²) in [6.07, 6.45) is 4.50. The fourth-order valence-electron chi connectivity index (χ4n) is 3.49. The van der Waals surface area contributed by atoms with Crippen molar-refractivity contribution in [2.45, 2.75) is 58.4 Å². The lowest BCUT2D eigenvalue weighted by Crippen LogP contribution is -2.43. The SMILES string of the molecule is COC(=O)C(C)CN(C(=O)CCC(=O)c1ccc(C)cc1)C1CCCC1. The predicted molar refractivity (Wildman–Crippen MR) is 99.9 cm³/mol. The number of carbonyl (C=O) groups excluding carboxylic acids is 3. The fourth-order valence-corrected chi connectivity index (χ4v) is 3.49. The van der Waals surface area contributed by atoms with Crippen molar-refractivity contribution in [1.29, 1.82) is 0 Å². The maximum atomic E-state index is 12.8. The Morgan fingerprint density at radius 1 is 1.12 bits per heavy atom. The van der Waals surface area contributed by atoms with Crippen molar-refractivity contribution >= 4 is 17.7 Å². The summed E-state index contributed by atoms with van der Waals surface area (Å²) in [6, 6.07) is 7.58. The number of amides is 1. The molecule has 1 saturated carbocycles. The number of nitrogens with zero attached hydrogens (tertiary/aromatic N) is 1. The van der Waals surface area contributed by atoms with Gasteiger partial charge in [0.1, 0.15) is 0 Å². The van der Waals surface area contributed by atoms with Crippen LogP contribution in [0.25, 0.3) is 0 Å². The molecule has 1 fully saturated rings. The molecule has 0 N–H and O–H groups in total. The summed E-state index contributed by atoms with van der Waals surface area (Å²) >= 11 is 0. The van der Waals surface area contributed by atoms with E-state index in [2.05, 4.69) is 0 Å². The number of hydrogen-bond acceptors (Lipinski definition) is 4. The molecule has 5 heteroatoms. The van der Waals surface area contributed by atoms with E-state index in [9.17, 15) is 14.4 Å². The van der Waals surface area contributed by atoms with Crippen molar-refractivity contribution in [3.63, 3.8) is 0 Å². The smallest absolute Gasteiger partial charge is 0.310 e. The largest absolute Gasteiger partial charge is 0.469 e. The molecule has 1 atom stereocenters. The lowest BCUT2D eigenvalue weighted by molar-refractivity contribution is -0.147. The van der Waals surface area contributed by atoms with E-state index in [1.165, 1.54) is 7.11 Å². The van der Waals surface area contributed by atoms with Crippen LogP contribution in [0.1, 0.15) is 61.4 Å². The topological polar surface area (TPSA) is 63.7 Å². The molecule has 0 spiro atoms. The lowest BCUT2D eigenvalue weighted by atomic mass is 10.0. The molecule has 0 radical (unpaired) electrons. The maximum absolute atomic E-state index is 12.8. The predicted octanol–water partition coefficient (Wildman–Crippen LogP) is 3.54. The zero-order valence-electron chi connectivity index (χ0n) is 16.0. The summed E-state index contributed by atoms with van der Waals surface area (Å²) in [5.41, 5.74) is 1.74. The van der Waals surface area contributed by atoms with Crippen LogP contribution >= 0.6 is 0 Å². The Morgan fingerprint density at radius 3 is 2.31 bits per heavy atom. The molecule has 1 aromatic rings. The summed E-state index contributed by atoms with van der Waals surface area (Å²) in [4.78, 5) is 38.7. The molecule has 1 aromatic carbocycles. The molecule has 1 unspecified atom stereocenters. The van der Waals surface area contributed by atoms with Crippen LogP contribution in [0.5, 0.6) is 0 Å². The Bertz CT molecular complexity index is 632. The van der Waals surface area contributed by atoms with Crippen molar-refractivity contribution in [1.82, 2.24) is 4.90 Å². The normalized spacial score (nSPS) is 15.5. The summed E-state index contributed by atoms with van der Waals surface area (Å²) in [6.45, 7) is 4.10. The van der Waals surface area contributed by atoms with E-state index in [0.29, 0.717) is 12.1 Å². The standard InChI is InChI=1S/C21H29NO4/c1-15-8-10-17(11-9-15)19(23)12-13-20(24)22(18-6-4-5-7-18)14-16(2)21(25)26-3/h8-11,16,18H,4-7,12-14H2,1-3H3. The quantitative estimate of drug-likeness (QED) is 0.526. The minimum absolute atomic E-state index is 0.0225. The molecular formula is C21H29NO4. The van der Waals surface area contributed by atoms with Gasteiger partial charge in [-0.3, -0.25) is 14.4 Å². The van der Waals surface area contributed by atoms with Crippen LogP contribution < -0.4 is 0 Å². The number of rotatable bonds is 8. The van der Waals surface area contributed by atoms with E-state index in [1.54, 1.807) is 24.0 Å². The highest BCUT2D eigenvalue weighted by atomic mass is 16.5. The monoisotopic (exact) mass is 359 g/mol. The van der Waals surface area contributed by atoms with E-state index >= 15 is 0 Å². The van der Waals surface area contributed by atoms with Crippen molar-refractivity contribution < 1.29 is 19.1 Å². The summed E-state index contributed by atoms with van der Waals surface area (Å²) in [5, 5.41) is 0. The van der Waals surface area contributed by atoms with E-state index in [1.807, 2.05) is 19.1 Å². The molecule has 142 valence electrons. The van der Waals surface area contributed by atoms with Crippen molar-refractivity contribution in [2.75, 3.05) is 13.7 Å². The third kappa shape index (κ3) is 5.41. The number of benzene rings is 1. The van der Waals surface area contributed by atoms with Gasteiger partial charge in [0, 0.05) is 31.0 Å². The number of methoxy groups -OCH3 is 1. The van der Waals surface area contributed by atoms with Crippen LogP contribution in [-0.4, -0.2) is 42.3 Å². The molecule has 1 amide bonds. The first kappa shape index (κ1) is 20.1. The van der Waals surface area contributed by atoms with Gasteiger partial charge in [0.25, 0.3) is 0 Å². The van der Waals surface area contributed by atoms with Gasteiger partial charge < -0.3 is 9.64 Å². The van der Waals surface area contributed by atoms with Crippen LogP contribution in [0, 0.1) is 12.8 Å².